The van der Waals surface area contributed by atoms with E-state index in [0.29, 0.717) is 24.1 Å². The van der Waals surface area contributed by atoms with E-state index in [1.54, 1.807) is 19.1 Å². The number of aromatic nitrogens is 1. The number of nitrogens with zero attached hydrogens (tertiary/aromatic N) is 1. The number of hydrogen-bond acceptors (Lipinski definition) is 4. The molecule has 5 heteroatoms. The summed E-state index contributed by atoms with van der Waals surface area (Å²) in [5.41, 5.74) is 6.38. The maximum Gasteiger partial charge on any atom is 0.248 e. The topological polar surface area (TPSA) is 77.2 Å². The summed E-state index contributed by atoms with van der Waals surface area (Å²) in [6, 6.07) is 3.70. The van der Waals surface area contributed by atoms with Gasteiger partial charge in [-0.1, -0.05) is 13.8 Å². The fourth-order valence-corrected chi connectivity index (χ4v) is 1.49. The minimum atomic E-state index is -0.466. The van der Waals surface area contributed by atoms with Crippen LogP contribution in [0.5, 0.6) is 5.88 Å². The predicted molar refractivity (Wildman–Crippen MR) is 70.7 cm³/mol. The number of pyridine rings is 1. The number of aryl methyl sites for hydroxylation is 1. The molecule has 1 amide bonds. The molecule has 0 aromatic carbocycles. The van der Waals surface area contributed by atoms with Crippen molar-refractivity contribution in [3.63, 3.8) is 0 Å². The van der Waals surface area contributed by atoms with Gasteiger partial charge < -0.3 is 15.8 Å². The van der Waals surface area contributed by atoms with Gasteiger partial charge in [0.1, 0.15) is 0 Å². The van der Waals surface area contributed by atoms with Crippen LogP contribution < -0.4 is 15.8 Å². The Hall–Kier alpha value is -1.62. The Balaban J connectivity index is 2.44. The van der Waals surface area contributed by atoms with Gasteiger partial charge in [-0.15, -0.1) is 0 Å². The van der Waals surface area contributed by atoms with Crippen molar-refractivity contribution in [2.75, 3.05) is 13.2 Å². The number of hydrogen-bond donors (Lipinski definition) is 2. The van der Waals surface area contributed by atoms with Crippen molar-refractivity contribution < 1.29 is 9.53 Å². The molecule has 0 unspecified atom stereocenters. The molecule has 0 aliphatic heterocycles. The summed E-state index contributed by atoms with van der Waals surface area (Å²) in [6.45, 7) is 7.46. The predicted octanol–water partition coefficient (Wildman–Crippen LogP) is 1.26. The first-order chi connectivity index (χ1) is 8.49. The van der Waals surface area contributed by atoms with Crippen LogP contribution in [-0.4, -0.2) is 30.1 Å². The van der Waals surface area contributed by atoms with Gasteiger partial charge in [-0.2, -0.15) is 0 Å². The minimum Gasteiger partial charge on any atom is -0.478 e. The molecule has 18 heavy (non-hydrogen) atoms. The fourth-order valence-electron chi connectivity index (χ4n) is 1.49. The van der Waals surface area contributed by atoms with E-state index in [-0.39, 0.29) is 0 Å². The molecule has 1 rings (SSSR count). The Labute approximate surface area is 108 Å². The van der Waals surface area contributed by atoms with E-state index < -0.39 is 5.91 Å². The van der Waals surface area contributed by atoms with Crippen LogP contribution in [0.15, 0.2) is 12.1 Å². The van der Waals surface area contributed by atoms with Gasteiger partial charge in [-0.05, 0) is 26.0 Å². The Bertz CT molecular complexity index is 405. The first kappa shape index (κ1) is 14.4. The second-order valence-corrected chi connectivity index (χ2v) is 4.51. The fraction of sp³-hybridized carbons (Fsp3) is 0.538. The third-order valence-electron chi connectivity index (χ3n) is 2.34. The number of carbonyl (C=O) groups excluding carboxylic acids is 1. The summed E-state index contributed by atoms with van der Waals surface area (Å²) in [4.78, 5) is 15.3. The van der Waals surface area contributed by atoms with E-state index in [1.165, 1.54) is 0 Å². The SMILES string of the molecule is Cc1cc(C(N)=O)cc(OCCCNC(C)C)n1. The van der Waals surface area contributed by atoms with Gasteiger partial charge in [0.2, 0.25) is 11.8 Å². The monoisotopic (exact) mass is 251 g/mol. The molecule has 0 saturated carbocycles. The molecule has 5 nitrogen and oxygen atoms in total. The van der Waals surface area contributed by atoms with Gasteiger partial charge in [-0.3, -0.25) is 4.79 Å². The van der Waals surface area contributed by atoms with Gasteiger partial charge in [0.15, 0.2) is 0 Å². The minimum absolute atomic E-state index is 0.429. The maximum atomic E-state index is 11.1. The molecule has 0 radical (unpaired) electrons. The Morgan fingerprint density at radius 2 is 2.22 bits per heavy atom. The number of amides is 1. The number of ether oxygens (including phenoxy) is 1. The van der Waals surface area contributed by atoms with Gasteiger partial charge in [0, 0.05) is 23.4 Å². The summed E-state index contributed by atoms with van der Waals surface area (Å²) >= 11 is 0. The average Bonchev–Trinajstić information content (AvgIpc) is 2.27. The Kier molecular flexibility index (Phi) is 5.58. The molecule has 0 atom stereocenters. The molecular formula is C13H21N3O2. The molecule has 0 aliphatic rings. The van der Waals surface area contributed by atoms with E-state index in [2.05, 4.69) is 24.1 Å². The van der Waals surface area contributed by atoms with Crippen molar-refractivity contribution in [2.24, 2.45) is 5.73 Å². The largest absolute Gasteiger partial charge is 0.478 e. The zero-order valence-corrected chi connectivity index (χ0v) is 11.2. The van der Waals surface area contributed by atoms with E-state index in [0.717, 1.165) is 18.7 Å². The smallest absolute Gasteiger partial charge is 0.248 e. The van der Waals surface area contributed by atoms with Gasteiger partial charge in [-0.25, -0.2) is 4.98 Å². The van der Waals surface area contributed by atoms with Gasteiger partial charge >= 0.3 is 0 Å². The second-order valence-electron chi connectivity index (χ2n) is 4.51. The first-order valence-electron chi connectivity index (χ1n) is 6.13. The number of nitrogens with one attached hydrogen (secondary N) is 1. The van der Waals surface area contributed by atoms with Crippen molar-refractivity contribution in [2.45, 2.75) is 33.2 Å². The Morgan fingerprint density at radius 3 is 2.83 bits per heavy atom. The number of rotatable bonds is 7. The normalized spacial score (nSPS) is 10.7. The van der Waals surface area contributed by atoms with Gasteiger partial charge in [0.25, 0.3) is 0 Å². The van der Waals surface area contributed by atoms with Crippen LogP contribution in [0.3, 0.4) is 0 Å². The lowest BCUT2D eigenvalue weighted by atomic mass is 10.2. The summed E-state index contributed by atoms with van der Waals surface area (Å²) in [5.74, 6) is -0.0137. The van der Waals surface area contributed by atoms with Crippen molar-refractivity contribution >= 4 is 5.91 Å². The highest BCUT2D eigenvalue weighted by Crippen LogP contribution is 2.12. The van der Waals surface area contributed by atoms with E-state index in [1.807, 2.05) is 0 Å². The average molecular weight is 251 g/mol. The lowest BCUT2D eigenvalue weighted by Crippen LogP contribution is -2.24. The molecule has 0 saturated heterocycles. The van der Waals surface area contributed by atoms with Crippen LogP contribution in [-0.2, 0) is 0 Å². The standard InChI is InChI=1S/C13H21N3O2/c1-9(2)15-5-4-6-18-12-8-11(13(14)17)7-10(3)16-12/h7-9,15H,4-6H2,1-3H3,(H2,14,17). The summed E-state index contributed by atoms with van der Waals surface area (Å²) < 4.78 is 5.50. The molecule has 1 aromatic heterocycles. The van der Waals surface area contributed by atoms with Crippen LogP contribution in [0.2, 0.25) is 0 Å². The third-order valence-corrected chi connectivity index (χ3v) is 2.34. The highest BCUT2D eigenvalue weighted by Gasteiger charge is 2.05. The Morgan fingerprint density at radius 1 is 1.50 bits per heavy atom. The van der Waals surface area contributed by atoms with E-state index >= 15 is 0 Å². The van der Waals surface area contributed by atoms with Crippen molar-refractivity contribution in [3.05, 3.63) is 23.4 Å². The first-order valence-corrected chi connectivity index (χ1v) is 6.13. The molecule has 0 fully saturated rings. The summed E-state index contributed by atoms with van der Waals surface area (Å²) in [7, 11) is 0. The van der Waals surface area contributed by atoms with Crippen LogP contribution in [0.4, 0.5) is 0 Å². The van der Waals surface area contributed by atoms with Crippen LogP contribution in [0.1, 0.15) is 36.3 Å². The van der Waals surface area contributed by atoms with Crippen molar-refractivity contribution in [1.82, 2.24) is 10.3 Å². The highest BCUT2D eigenvalue weighted by atomic mass is 16.5. The van der Waals surface area contributed by atoms with Crippen LogP contribution in [0.25, 0.3) is 0 Å². The lowest BCUT2D eigenvalue weighted by Gasteiger charge is -2.09. The molecule has 0 bridgehead atoms. The molecule has 0 aliphatic carbocycles. The summed E-state index contributed by atoms with van der Waals surface area (Å²) in [5, 5.41) is 3.30. The van der Waals surface area contributed by atoms with Crippen LogP contribution >= 0.6 is 0 Å². The molecule has 0 spiro atoms. The lowest BCUT2D eigenvalue weighted by molar-refractivity contribution is 0.0999. The van der Waals surface area contributed by atoms with Crippen molar-refractivity contribution in [1.29, 1.82) is 0 Å². The van der Waals surface area contributed by atoms with Gasteiger partial charge in [0.05, 0.1) is 6.61 Å². The zero-order valence-electron chi connectivity index (χ0n) is 11.2. The van der Waals surface area contributed by atoms with E-state index in [4.69, 9.17) is 10.5 Å². The third kappa shape index (κ3) is 5.14. The number of primary amides is 1. The van der Waals surface area contributed by atoms with E-state index in [9.17, 15) is 4.79 Å². The number of nitrogens with two attached hydrogens (primary N) is 1. The summed E-state index contributed by atoms with van der Waals surface area (Å²) in [6.07, 6.45) is 0.889. The molecule has 1 heterocycles. The molecular weight excluding hydrogens is 230 g/mol. The zero-order chi connectivity index (χ0) is 13.5. The molecule has 1 aromatic rings. The van der Waals surface area contributed by atoms with Crippen LogP contribution in [0, 0.1) is 6.92 Å². The quantitative estimate of drug-likeness (QED) is 0.715. The second kappa shape index (κ2) is 6.96. The highest BCUT2D eigenvalue weighted by molar-refractivity contribution is 5.93. The van der Waals surface area contributed by atoms with Crippen molar-refractivity contribution in [3.8, 4) is 5.88 Å². The maximum absolute atomic E-state index is 11.1. The number of carbonyl (C=O) groups is 1. The molecule has 100 valence electrons. The molecule has 3 N–H and O–H groups in total.